The Morgan fingerprint density at radius 2 is 2.16 bits per heavy atom. The van der Waals surface area contributed by atoms with Gasteiger partial charge in [0, 0.05) is 56.6 Å². The Labute approximate surface area is 150 Å². The number of aromatic nitrogens is 3. The molecule has 2 bridgehead atoms. The van der Waals surface area contributed by atoms with Gasteiger partial charge in [0.1, 0.15) is 0 Å². The van der Waals surface area contributed by atoms with Crippen LogP contribution in [-0.4, -0.2) is 38.0 Å². The van der Waals surface area contributed by atoms with Gasteiger partial charge in [-0.2, -0.15) is 0 Å². The standard InChI is InChI=1S/C18H19ClN4O2/c1-21-10-14(20-11-21)2-4-16(24)22-7-12-6-13(9-22)18-15(19)3-5-17(25)23(18)8-12/h2-5,10-13H,6-9H2,1H3/b4-2+/t12-,13+/m0/s1. The van der Waals surface area contributed by atoms with E-state index in [0.717, 1.165) is 17.8 Å². The van der Waals surface area contributed by atoms with E-state index in [4.69, 9.17) is 11.6 Å². The van der Waals surface area contributed by atoms with E-state index in [-0.39, 0.29) is 23.3 Å². The van der Waals surface area contributed by atoms with Crippen molar-refractivity contribution in [3.63, 3.8) is 0 Å². The molecule has 0 spiro atoms. The van der Waals surface area contributed by atoms with Crippen molar-refractivity contribution in [3.05, 3.63) is 57.5 Å². The van der Waals surface area contributed by atoms with Crippen LogP contribution in [0.25, 0.3) is 6.08 Å². The van der Waals surface area contributed by atoms with E-state index >= 15 is 0 Å². The molecule has 4 heterocycles. The zero-order chi connectivity index (χ0) is 17.6. The average Bonchev–Trinajstić information content (AvgIpc) is 3.01. The van der Waals surface area contributed by atoms with Crippen molar-refractivity contribution in [3.8, 4) is 0 Å². The third-order valence-electron chi connectivity index (χ3n) is 4.97. The number of rotatable bonds is 2. The SMILES string of the molecule is Cn1cnc(/C=C/C(=O)N2C[C@@H]3C[C@H](C2)c2c(Cl)ccc(=O)n2C3)c1. The summed E-state index contributed by atoms with van der Waals surface area (Å²) in [6.45, 7) is 1.88. The maximum absolute atomic E-state index is 12.6. The van der Waals surface area contributed by atoms with E-state index in [1.807, 2.05) is 22.7 Å². The zero-order valence-corrected chi connectivity index (χ0v) is 14.7. The van der Waals surface area contributed by atoms with Crippen LogP contribution >= 0.6 is 11.6 Å². The van der Waals surface area contributed by atoms with Crippen molar-refractivity contribution in [1.29, 1.82) is 0 Å². The van der Waals surface area contributed by atoms with E-state index in [1.165, 1.54) is 6.07 Å². The first-order valence-electron chi connectivity index (χ1n) is 8.35. The van der Waals surface area contributed by atoms with Crippen LogP contribution in [0.5, 0.6) is 0 Å². The number of nitrogens with zero attached hydrogens (tertiary/aromatic N) is 4. The minimum absolute atomic E-state index is 0.0103. The second kappa shape index (κ2) is 6.19. The highest BCUT2D eigenvalue weighted by Crippen LogP contribution is 2.38. The van der Waals surface area contributed by atoms with Crippen LogP contribution in [0.1, 0.15) is 23.7 Å². The fourth-order valence-electron chi connectivity index (χ4n) is 3.92. The summed E-state index contributed by atoms with van der Waals surface area (Å²) < 4.78 is 3.62. The summed E-state index contributed by atoms with van der Waals surface area (Å²) >= 11 is 6.34. The van der Waals surface area contributed by atoms with E-state index in [9.17, 15) is 9.59 Å². The van der Waals surface area contributed by atoms with Gasteiger partial charge in [-0.1, -0.05) is 11.6 Å². The van der Waals surface area contributed by atoms with Gasteiger partial charge in [0.2, 0.25) is 5.91 Å². The number of likely N-dealkylation sites (tertiary alicyclic amines) is 1. The molecule has 2 aliphatic heterocycles. The first-order chi connectivity index (χ1) is 12.0. The summed E-state index contributed by atoms with van der Waals surface area (Å²) in [5.41, 5.74) is 1.62. The number of hydrogen-bond donors (Lipinski definition) is 0. The van der Waals surface area contributed by atoms with Gasteiger partial charge in [-0.3, -0.25) is 9.59 Å². The van der Waals surface area contributed by atoms with Crippen molar-refractivity contribution >= 4 is 23.6 Å². The third-order valence-corrected chi connectivity index (χ3v) is 5.29. The fourth-order valence-corrected chi connectivity index (χ4v) is 4.24. The largest absolute Gasteiger partial charge is 0.340 e. The Balaban J connectivity index is 1.55. The number of aryl methyl sites for hydroxylation is 1. The first-order valence-corrected chi connectivity index (χ1v) is 8.73. The van der Waals surface area contributed by atoms with E-state index in [0.29, 0.717) is 24.7 Å². The van der Waals surface area contributed by atoms with Gasteiger partial charge in [0.15, 0.2) is 0 Å². The first kappa shape index (κ1) is 16.1. The molecule has 1 amide bonds. The number of carbonyl (C=O) groups excluding carboxylic acids is 1. The number of piperidine rings is 1. The highest BCUT2D eigenvalue weighted by molar-refractivity contribution is 6.31. The second-order valence-electron chi connectivity index (χ2n) is 6.85. The maximum Gasteiger partial charge on any atom is 0.250 e. The van der Waals surface area contributed by atoms with E-state index < -0.39 is 0 Å². The molecule has 7 heteroatoms. The molecule has 2 atom stereocenters. The predicted molar refractivity (Wildman–Crippen MR) is 95.4 cm³/mol. The molecule has 1 saturated heterocycles. The van der Waals surface area contributed by atoms with Gasteiger partial charge in [0.25, 0.3) is 5.56 Å². The molecular weight excluding hydrogens is 340 g/mol. The van der Waals surface area contributed by atoms with Gasteiger partial charge in [-0.25, -0.2) is 4.98 Å². The molecule has 0 aliphatic carbocycles. The number of imidazole rings is 1. The zero-order valence-electron chi connectivity index (χ0n) is 13.9. The summed E-state index contributed by atoms with van der Waals surface area (Å²) in [5, 5.41) is 0.612. The summed E-state index contributed by atoms with van der Waals surface area (Å²) in [6, 6.07) is 3.18. The Morgan fingerprint density at radius 3 is 2.92 bits per heavy atom. The minimum atomic E-state index is -0.0248. The van der Waals surface area contributed by atoms with Gasteiger partial charge in [0.05, 0.1) is 17.0 Å². The quantitative estimate of drug-likeness (QED) is 0.770. The monoisotopic (exact) mass is 358 g/mol. The molecule has 0 radical (unpaired) electrons. The minimum Gasteiger partial charge on any atom is -0.340 e. The van der Waals surface area contributed by atoms with Crippen LogP contribution in [0.3, 0.4) is 0 Å². The van der Waals surface area contributed by atoms with Crippen LogP contribution in [-0.2, 0) is 18.4 Å². The molecule has 2 aliphatic rings. The lowest BCUT2D eigenvalue weighted by Gasteiger charge is -2.42. The van der Waals surface area contributed by atoms with Gasteiger partial charge in [-0.05, 0) is 24.5 Å². The highest BCUT2D eigenvalue weighted by atomic mass is 35.5. The Hall–Kier alpha value is -2.34. The Kier molecular flexibility index (Phi) is 4.00. The molecule has 130 valence electrons. The maximum atomic E-state index is 12.6. The van der Waals surface area contributed by atoms with Crippen LogP contribution in [0.15, 0.2) is 35.5 Å². The van der Waals surface area contributed by atoms with Gasteiger partial charge >= 0.3 is 0 Å². The predicted octanol–water partition coefficient (Wildman–Crippen LogP) is 1.89. The second-order valence-corrected chi connectivity index (χ2v) is 7.26. The van der Waals surface area contributed by atoms with Crippen molar-refractivity contribution in [2.75, 3.05) is 13.1 Å². The molecule has 0 unspecified atom stereocenters. The molecule has 25 heavy (non-hydrogen) atoms. The van der Waals surface area contributed by atoms with Crippen molar-refractivity contribution in [1.82, 2.24) is 19.0 Å². The fraction of sp³-hybridized carbons (Fsp3) is 0.389. The molecule has 4 rings (SSSR count). The van der Waals surface area contributed by atoms with Crippen LogP contribution in [0, 0.1) is 5.92 Å². The van der Waals surface area contributed by atoms with Crippen molar-refractivity contribution in [2.45, 2.75) is 18.9 Å². The number of pyridine rings is 1. The molecule has 6 nitrogen and oxygen atoms in total. The molecule has 0 saturated carbocycles. The molecule has 1 fully saturated rings. The Bertz CT molecular complexity index is 914. The van der Waals surface area contributed by atoms with Crippen LogP contribution in [0.4, 0.5) is 0 Å². The number of hydrogen-bond acceptors (Lipinski definition) is 3. The van der Waals surface area contributed by atoms with E-state index in [1.54, 1.807) is 29.1 Å². The van der Waals surface area contributed by atoms with Gasteiger partial charge < -0.3 is 14.0 Å². The number of fused-ring (bicyclic) bond motifs is 4. The molecule has 0 N–H and O–H groups in total. The van der Waals surface area contributed by atoms with Gasteiger partial charge in [-0.15, -0.1) is 0 Å². The average molecular weight is 359 g/mol. The van der Waals surface area contributed by atoms with Crippen molar-refractivity contribution in [2.24, 2.45) is 13.0 Å². The smallest absolute Gasteiger partial charge is 0.250 e. The highest BCUT2D eigenvalue weighted by Gasteiger charge is 2.37. The Morgan fingerprint density at radius 1 is 1.32 bits per heavy atom. The third kappa shape index (κ3) is 3.02. The normalized spacial score (nSPS) is 22.2. The molecular formula is C18H19ClN4O2. The van der Waals surface area contributed by atoms with E-state index in [2.05, 4.69) is 4.98 Å². The summed E-state index contributed by atoms with van der Waals surface area (Å²) in [4.78, 5) is 30.8. The van der Waals surface area contributed by atoms with Crippen LogP contribution < -0.4 is 5.56 Å². The van der Waals surface area contributed by atoms with Crippen molar-refractivity contribution < 1.29 is 4.79 Å². The number of halogens is 1. The number of amides is 1. The van der Waals surface area contributed by atoms with Crippen LogP contribution in [0.2, 0.25) is 5.02 Å². The molecule has 2 aromatic heterocycles. The summed E-state index contributed by atoms with van der Waals surface area (Å²) in [7, 11) is 1.89. The number of carbonyl (C=O) groups is 1. The lowest BCUT2D eigenvalue weighted by Crippen LogP contribution is -2.48. The topological polar surface area (TPSA) is 60.1 Å². The molecule has 2 aromatic rings. The lowest BCUT2D eigenvalue weighted by atomic mass is 9.83. The molecule has 0 aromatic carbocycles. The lowest BCUT2D eigenvalue weighted by molar-refractivity contribution is -0.128. The summed E-state index contributed by atoms with van der Waals surface area (Å²) in [6.07, 6.45) is 7.83. The summed E-state index contributed by atoms with van der Waals surface area (Å²) in [5.74, 6) is 0.374.